The fraction of sp³-hybridized carbons (Fsp3) is 1.00. The van der Waals surface area contributed by atoms with Crippen LogP contribution in [0.15, 0.2) is 0 Å². The van der Waals surface area contributed by atoms with Gasteiger partial charge in [0, 0.05) is 26.2 Å². The van der Waals surface area contributed by atoms with E-state index in [4.69, 9.17) is 5.11 Å². The van der Waals surface area contributed by atoms with Crippen molar-refractivity contribution in [1.29, 1.82) is 0 Å². The summed E-state index contributed by atoms with van der Waals surface area (Å²) in [6, 6.07) is 0. The van der Waals surface area contributed by atoms with E-state index in [9.17, 15) is 8.42 Å². The number of aliphatic hydroxyl groups is 1. The molecule has 5 nitrogen and oxygen atoms in total. The van der Waals surface area contributed by atoms with Crippen LogP contribution < -0.4 is 0 Å². The van der Waals surface area contributed by atoms with Gasteiger partial charge in [0.1, 0.15) is 0 Å². The summed E-state index contributed by atoms with van der Waals surface area (Å²) in [6.45, 7) is 3.60. The average molecular weight is 292 g/mol. The van der Waals surface area contributed by atoms with Gasteiger partial charge in [-0.1, -0.05) is 0 Å². The summed E-state index contributed by atoms with van der Waals surface area (Å²) in [6.07, 6.45) is 6.41. The number of hydrogen-bond donors (Lipinski definition) is 1. The van der Waals surface area contributed by atoms with Gasteiger partial charge in [0.2, 0.25) is 10.0 Å². The number of hydrogen-bond acceptors (Lipinski definition) is 4. The van der Waals surface area contributed by atoms with E-state index in [1.54, 1.807) is 4.31 Å². The van der Waals surface area contributed by atoms with Crippen molar-refractivity contribution in [3.63, 3.8) is 0 Å². The zero-order valence-corrected chi connectivity index (χ0v) is 13.0. The Kier molecular flexibility index (Phi) is 7.28. The lowest BCUT2D eigenvalue weighted by atomic mass is 9.99. The van der Waals surface area contributed by atoms with E-state index >= 15 is 0 Å². The van der Waals surface area contributed by atoms with Crippen LogP contribution in [-0.4, -0.2) is 68.8 Å². The summed E-state index contributed by atoms with van der Waals surface area (Å²) < 4.78 is 24.7. The fourth-order valence-electron chi connectivity index (χ4n) is 2.68. The van der Waals surface area contributed by atoms with Crippen LogP contribution in [-0.2, 0) is 10.0 Å². The molecule has 0 spiro atoms. The van der Waals surface area contributed by atoms with Gasteiger partial charge in [0.25, 0.3) is 0 Å². The van der Waals surface area contributed by atoms with Gasteiger partial charge in [-0.3, -0.25) is 0 Å². The molecule has 114 valence electrons. The Balaban J connectivity index is 2.28. The summed E-state index contributed by atoms with van der Waals surface area (Å²) in [5.74, 6) is 0.450. The molecule has 0 radical (unpaired) electrons. The van der Waals surface area contributed by atoms with Crippen LogP contribution in [0.25, 0.3) is 0 Å². The average Bonchev–Trinajstić information content (AvgIpc) is 2.34. The van der Waals surface area contributed by atoms with Crippen molar-refractivity contribution < 1.29 is 13.5 Å². The number of aliphatic hydroxyl groups excluding tert-OH is 1. The Morgan fingerprint density at radius 3 is 2.68 bits per heavy atom. The van der Waals surface area contributed by atoms with E-state index in [-0.39, 0.29) is 6.61 Å². The Morgan fingerprint density at radius 2 is 2.05 bits per heavy atom. The predicted molar refractivity (Wildman–Crippen MR) is 77.6 cm³/mol. The molecule has 1 saturated heterocycles. The highest BCUT2D eigenvalue weighted by Crippen LogP contribution is 2.19. The first kappa shape index (κ1) is 16.9. The van der Waals surface area contributed by atoms with Crippen LogP contribution in [0.3, 0.4) is 0 Å². The number of sulfonamides is 1. The number of nitrogens with zero attached hydrogens (tertiary/aromatic N) is 2. The molecule has 1 atom stereocenters. The first-order chi connectivity index (χ1) is 8.93. The lowest BCUT2D eigenvalue weighted by Crippen LogP contribution is -2.42. The standard InChI is InChI=1S/C13H28N2O3S/c1-14(8-4-3-5-10-16)11-13-7-6-9-15(12-13)19(2,17)18/h13,16H,3-12H2,1-2H3. The van der Waals surface area contributed by atoms with Crippen molar-refractivity contribution >= 4 is 10.0 Å². The molecule has 0 aliphatic carbocycles. The van der Waals surface area contributed by atoms with Crippen LogP contribution in [0.4, 0.5) is 0 Å². The normalized spacial score (nSPS) is 22.0. The van der Waals surface area contributed by atoms with Crippen LogP contribution >= 0.6 is 0 Å². The minimum Gasteiger partial charge on any atom is -0.396 e. The number of rotatable bonds is 8. The summed E-state index contributed by atoms with van der Waals surface area (Å²) >= 11 is 0. The quantitative estimate of drug-likeness (QED) is 0.671. The fourth-order valence-corrected chi connectivity index (χ4v) is 3.62. The van der Waals surface area contributed by atoms with Gasteiger partial charge in [-0.05, 0) is 51.6 Å². The lowest BCUT2D eigenvalue weighted by molar-refractivity contribution is 0.197. The van der Waals surface area contributed by atoms with Crippen molar-refractivity contribution in [2.45, 2.75) is 32.1 Å². The molecule has 0 bridgehead atoms. The lowest BCUT2D eigenvalue weighted by Gasteiger charge is -2.33. The maximum absolute atomic E-state index is 11.6. The highest BCUT2D eigenvalue weighted by molar-refractivity contribution is 7.88. The monoisotopic (exact) mass is 292 g/mol. The summed E-state index contributed by atoms with van der Waals surface area (Å²) in [4.78, 5) is 2.29. The van der Waals surface area contributed by atoms with Crippen molar-refractivity contribution in [3.8, 4) is 0 Å². The number of piperidine rings is 1. The molecule has 0 saturated carbocycles. The highest BCUT2D eigenvalue weighted by Gasteiger charge is 2.26. The second kappa shape index (κ2) is 8.19. The van der Waals surface area contributed by atoms with E-state index in [2.05, 4.69) is 11.9 Å². The summed E-state index contributed by atoms with van der Waals surface area (Å²) in [5, 5.41) is 8.72. The Morgan fingerprint density at radius 1 is 1.32 bits per heavy atom. The summed E-state index contributed by atoms with van der Waals surface area (Å²) in [7, 11) is -0.936. The number of unbranched alkanes of at least 4 members (excludes halogenated alkanes) is 2. The molecule has 1 heterocycles. The van der Waals surface area contributed by atoms with Crippen LogP contribution in [0.5, 0.6) is 0 Å². The van der Waals surface area contributed by atoms with Gasteiger partial charge >= 0.3 is 0 Å². The highest BCUT2D eigenvalue weighted by atomic mass is 32.2. The van der Waals surface area contributed by atoms with Gasteiger partial charge in [0.05, 0.1) is 6.26 Å². The van der Waals surface area contributed by atoms with E-state index in [1.807, 2.05) is 0 Å². The third-order valence-electron chi connectivity index (χ3n) is 3.72. The van der Waals surface area contributed by atoms with Gasteiger partial charge in [-0.25, -0.2) is 12.7 Å². The molecule has 1 rings (SSSR count). The van der Waals surface area contributed by atoms with Crippen LogP contribution in [0.2, 0.25) is 0 Å². The smallest absolute Gasteiger partial charge is 0.211 e. The molecule has 1 aliphatic heterocycles. The molecular weight excluding hydrogens is 264 g/mol. The zero-order chi connectivity index (χ0) is 14.3. The van der Waals surface area contributed by atoms with Gasteiger partial charge in [-0.15, -0.1) is 0 Å². The van der Waals surface area contributed by atoms with Gasteiger partial charge < -0.3 is 10.0 Å². The zero-order valence-electron chi connectivity index (χ0n) is 12.2. The van der Waals surface area contributed by atoms with Crippen molar-refractivity contribution in [1.82, 2.24) is 9.21 Å². The first-order valence-electron chi connectivity index (χ1n) is 7.18. The largest absolute Gasteiger partial charge is 0.396 e. The molecule has 6 heteroatoms. The first-order valence-corrected chi connectivity index (χ1v) is 9.03. The minimum atomic E-state index is -3.03. The molecule has 19 heavy (non-hydrogen) atoms. The molecule has 1 fully saturated rings. The van der Waals surface area contributed by atoms with E-state index in [1.165, 1.54) is 6.26 Å². The van der Waals surface area contributed by atoms with E-state index < -0.39 is 10.0 Å². The van der Waals surface area contributed by atoms with Crippen LogP contribution in [0, 0.1) is 5.92 Å². The molecular formula is C13H28N2O3S. The third kappa shape index (κ3) is 6.70. The third-order valence-corrected chi connectivity index (χ3v) is 4.99. The SMILES string of the molecule is CN(CCCCCO)CC1CCCN(S(C)(=O)=O)C1. The molecule has 1 aliphatic rings. The van der Waals surface area contributed by atoms with E-state index in [0.29, 0.717) is 19.0 Å². The van der Waals surface area contributed by atoms with Crippen molar-refractivity contribution in [2.24, 2.45) is 5.92 Å². The molecule has 1 N–H and O–H groups in total. The molecule has 0 aromatic rings. The van der Waals surface area contributed by atoms with Crippen LogP contribution in [0.1, 0.15) is 32.1 Å². The maximum atomic E-state index is 11.6. The minimum absolute atomic E-state index is 0.273. The topological polar surface area (TPSA) is 60.9 Å². The van der Waals surface area contributed by atoms with Crippen molar-refractivity contribution in [2.75, 3.05) is 46.1 Å². The summed E-state index contributed by atoms with van der Waals surface area (Å²) in [5.41, 5.74) is 0. The van der Waals surface area contributed by atoms with Gasteiger partial charge in [0.15, 0.2) is 0 Å². The Hall–Kier alpha value is -0.170. The molecule has 0 aromatic carbocycles. The Labute approximate surface area is 117 Å². The second-order valence-electron chi connectivity index (χ2n) is 5.68. The molecule has 1 unspecified atom stereocenters. The molecule has 0 amide bonds. The predicted octanol–water partition coefficient (Wildman–Crippen LogP) is 0.752. The van der Waals surface area contributed by atoms with Gasteiger partial charge in [-0.2, -0.15) is 0 Å². The second-order valence-corrected chi connectivity index (χ2v) is 7.66. The molecule has 0 aromatic heterocycles. The van der Waals surface area contributed by atoms with E-state index in [0.717, 1.165) is 45.2 Å². The Bertz CT molecular complexity index is 346. The van der Waals surface area contributed by atoms with Crippen molar-refractivity contribution in [3.05, 3.63) is 0 Å². The maximum Gasteiger partial charge on any atom is 0.211 e.